The first-order valence-electron chi connectivity index (χ1n) is 5.92. The van der Waals surface area contributed by atoms with Crippen molar-refractivity contribution in [3.8, 4) is 0 Å². The molecule has 1 aromatic carbocycles. The van der Waals surface area contributed by atoms with E-state index < -0.39 is 11.5 Å². The molecule has 2 aromatic rings. The molecule has 1 aromatic heterocycles. The molecule has 0 amide bonds. The van der Waals surface area contributed by atoms with E-state index >= 15 is 0 Å². The summed E-state index contributed by atoms with van der Waals surface area (Å²) >= 11 is 0. The molecule has 0 saturated heterocycles. The summed E-state index contributed by atoms with van der Waals surface area (Å²) in [7, 11) is 1.34. The molecule has 100 valence electrons. The Labute approximate surface area is 111 Å². The quantitative estimate of drug-likeness (QED) is 0.800. The van der Waals surface area contributed by atoms with Crippen LogP contribution in [0.1, 0.15) is 12.0 Å². The number of aromatic nitrogens is 3. The van der Waals surface area contributed by atoms with Gasteiger partial charge in [0.1, 0.15) is 18.2 Å². The van der Waals surface area contributed by atoms with Gasteiger partial charge in [0.05, 0.1) is 7.11 Å². The molecule has 6 nitrogen and oxygen atoms in total. The largest absolute Gasteiger partial charge is 0.467 e. The highest BCUT2D eigenvalue weighted by molar-refractivity contribution is 5.82. The van der Waals surface area contributed by atoms with Gasteiger partial charge in [0.25, 0.3) is 0 Å². The molecular weight excluding hydrogens is 244 g/mol. The number of hydrogen-bond donors (Lipinski definition) is 1. The summed E-state index contributed by atoms with van der Waals surface area (Å²) in [4.78, 5) is 15.9. The van der Waals surface area contributed by atoms with E-state index in [1.54, 1.807) is 11.0 Å². The van der Waals surface area contributed by atoms with Gasteiger partial charge < -0.3 is 10.5 Å². The molecule has 2 rings (SSSR count). The van der Waals surface area contributed by atoms with Crippen LogP contribution in [0.25, 0.3) is 0 Å². The fourth-order valence-corrected chi connectivity index (χ4v) is 1.92. The molecule has 0 spiro atoms. The van der Waals surface area contributed by atoms with Crippen LogP contribution < -0.4 is 5.73 Å². The molecule has 6 heteroatoms. The SMILES string of the molecule is COC(=O)C(N)(CCn1cncn1)c1ccccc1. The number of carbonyl (C=O) groups is 1. The molecule has 0 aliphatic carbocycles. The molecule has 0 fully saturated rings. The summed E-state index contributed by atoms with van der Waals surface area (Å²) in [6, 6.07) is 9.19. The second-order valence-corrected chi connectivity index (χ2v) is 4.24. The zero-order valence-corrected chi connectivity index (χ0v) is 10.7. The fourth-order valence-electron chi connectivity index (χ4n) is 1.92. The first-order chi connectivity index (χ1) is 9.16. The van der Waals surface area contributed by atoms with E-state index in [0.717, 1.165) is 5.56 Å². The second kappa shape index (κ2) is 5.62. The number of ether oxygens (including phenoxy) is 1. The van der Waals surface area contributed by atoms with Crippen molar-refractivity contribution in [1.29, 1.82) is 0 Å². The minimum Gasteiger partial charge on any atom is -0.467 e. The van der Waals surface area contributed by atoms with Crippen LogP contribution in [0.4, 0.5) is 0 Å². The lowest BCUT2D eigenvalue weighted by atomic mass is 9.87. The second-order valence-electron chi connectivity index (χ2n) is 4.24. The smallest absolute Gasteiger partial charge is 0.330 e. The van der Waals surface area contributed by atoms with E-state index in [0.29, 0.717) is 13.0 Å². The van der Waals surface area contributed by atoms with Gasteiger partial charge in [0.2, 0.25) is 0 Å². The van der Waals surface area contributed by atoms with Crippen LogP contribution >= 0.6 is 0 Å². The zero-order valence-electron chi connectivity index (χ0n) is 10.7. The van der Waals surface area contributed by atoms with Gasteiger partial charge in [-0.15, -0.1) is 0 Å². The predicted octanol–water partition coefficient (Wildman–Crippen LogP) is 0.695. The van der Waals surface area contributed by atoms with Crippen molar-refractivity contribution in [3.63, 3.8) is 0 Å². The van der Waals surface area contributed by atoms with Crippen molar-refractivity contribution in [2.24, 2.45) is 5.73 Å². The first-order valence-corrected chi connectivity index (χ1v) is 5.92. The minimum atomic E-state index is -1.18. The van der Waals surface area contributed by atoms with Gasteiger partial charge in [-0.05, 0) is 12.0 Å². The van der Waals surface area contributed by atoms with Crippen LogP contribution in [0.15, 0.2) is 43.0 Å². The Balaban J connectivity index is 2.22. The monoisotopic (exact) mass is 260 g/mol. The van der Waals surface area contributed by atoms with Gasteiger partial charge in [0.15, 0.2) is 0 Å². The van der Waals surface area contributed by atoms with Crippen LogP contribution in [0.3, 0.4) is 0 Å². The van der Waals surface area contributed by atoms with E-state index in [4.69, 9.17) is 10.5 Å². The van der Waals surface area contributed by atoms with Crippen LogP contribution in [0.5, 0.6) is 0 Å². The highest BCUT2D eigenvalue weighted by Gasteiger charge is 2.36. The van der Waals surface area contributed by atoms with Gasteiger partial charge >= 0.3 is 5.97 Å². The topological polar surface area (TPSA) is 83.0 Å². The third-order valence-corrected chi connectivity index (χ3v) is 3.04. The Hall–Kier alpha value is -2.21. The average molecular weight is 260 g/mol. The summed E-state index contributed by atoms with van der Waals surface area (Å²) in [5.74, 6) is -0.459. The number of nitrogens with zero attached hydrogens (tertiary/aromatic N) is 3. The average Bonchev–Trinajstić information content (AvgIpc) is 2.98. The molecule has 2 N–H and O–H groups in total. The summed E-state index contributed by atoms with van der Waals surface area (Å²) in [6.07, 6.45) is 3.41. The molecule has 0 aliphatic rings. The van der Waals surface area contributed by atoms with Crippen molar-refractivity contribution in [3.05, 3.63) is 48.5 Å². The Bertz CT molecular complexity index is 527. The Morgan fingerprint density at radius 3 is 2.74 bits per heavy atom. The number of benzene rings is 1. The minimum absolute atomic E-state index is 0.382. The highest BCUT2D eigenvalue weighted by Crippen LogP contribution is 2.24. The Morgan fingerprint density at radius 2 is 2.16 bits per heavy atom. The normalized spacial score (nSPS) is 13.8. The molecule has 0 aliphatic heterocycles. The van der Waals surface area contributed by atoms with Crippen LogP contribution in [-0.2, 0) is 21.6 Å². The number of carbonyl (C=O) groups excluding carboxylic acids is 1. The first kappa shape index (κ1) is 13.2. The molecule has 1 atom stereocenters. The number of rotatable bonds is 5. The standard InChI is InChI=1S/C13H16N4O2/c1-19-12(18)13(14,11-5-3-2-4-6-11)7-8-17-10-15-9-16-17/h2-6,9-10H,7-8,14H2,1H3. The van der Waals surface area contributed by atoms with Crippen molar-refractivity contribution in [1.82, 2.24) is 14.8 Å². The molecule has 19 heavy (non-hydrogen) atoms. The van der Waals surface area contributed by atoms with Gasteiger partial charge in [-0.25, -0.2) is 9.78 Å². The maximum atomic E-state index is 12.0. The van der Waals surface area contributed by atoms with E-state index in [1.807, 2.05) is 30.3 Å². The maximum Gasteiger partial charge on any atom is 0.330 e. The number of nitrogens with two attached hydrogens (primary N) is 1. The van der Waals surface area contributed by atoms with Crippen LogP contribution in [0.2, 0.25) is 0 Å². The van der Waals surface area contributed by atoms with Crippen LogP contribution in [-0.4, -0.2) is 27.8 Å². The summed E-state index contributed by atoms with van der Waals surface area (Å²) in [5, 5.41) is 4.00. The number of aryl methyl sites for hydroxylation is 1. The molecule has 0 radical (unpaired) electrons. The van der Waals surface area contributed by atoms with Crippen molar-refractivity contribution >= 4 is 5.97 Å². The number of methoxy groups -OCH3 is 1. The highest BCUT2D eigenvalue weighted by atomic mass is 16.5. The van der Waals surface area contributed by atoms with Crippen molar-refractivity contribution in [2.45, 2.75) is 18.5 Å². The van der Waals surface area contributed by atoms with Gasteiger partial charge in [-0.3, -0.25) is 4.68 Å². The lowest BCUT2D eigenvalue weighted by Crippen LogP contribution is -2.46. The van der Waals surface area contributed by atoms with Gasteiger partial charge in [0, 0.05) is 6.54 Å². The predicted molar refractivity (Wildman–Crippen MR) is 69.0 cm³/mol. The lowest BCUT2D eigenvalue weighted by molar-refractivity contribution is -0.148. The number of hydrogen-bond acceptors (Lipinski definition) is 5. The van der Waals surface area contributed by atoms with Crippen LogP contribution in [0, 0.1) is 0 Å². The molecular formula is C13H16N4O2. The Kier molecular flexibility index (Phi) is 3.91. The Morgan fingerprint density at radius 1 is 1.42 bits per heavy atom. The maximum absolute atomic E-state index is 12.0. The van der Waals surface area contributed by atoms with Gasteiger partial charge in [-0.2, -0.15) is 5.10 Å². The summed E-state index contributed by atoms with van der Waals surface area (Å²) in [6.45, 7) is 0.487. The summed E-state index contributed by atoms with van der Waals surface area (Å²) in [5.41, 5.74) is 5.80. The van der Waals surface area contributed by atoms with E-state index in [2.05, 4.69) is 10.1 Å². The van der Waals surface area contributed by atoms with Crippen molar-refractivity contribution < 1.29 is 9.53 Å². The molecule has 1 unspecified atom stereocenters. The van der Waals surface area contributed by atoms with Gasteiger partial charge in [-0.1, -0.05) is 30.3 Å². The molecule has 1 heterocycles. The zero-order chi connectivity index (χ0) is 13.7. The van der Waals surface area contributed by atoms with E-state index in [9.17, 15) is 4.79 Å². The van der Waals surface area contributed by atoms with E-state index in [1.165, 1.54) is 13.4 Å². The third-order valence-electron chi connectivity index (χ3n) is 3.04. The summed E-state index contributed by atoms with van der Waals surface area (Å²) < 4.78 is 6.46. The third kappa shape index (κ3) is 2.79. The lowest BCUT2D eigenvalue weighted by Gasteiger charge is -2.26. The van der Waals surface area contributed by atoms with Crippen molar-refractivity contribution in [2.75, 3.05) is 7.11 Å². The molecule has 0 saturated carbocycles. The fraction of sp³-hybridized carbons (Fsp3) is 0.308. The van der Waals surface area contributed by atoms with E-state index in [-0.39, 0.29) is 0 Å². The molecule has 0 bridgehead atoms. The number of esters is 1.